The van der Waals surface area contributed by atoms with Crippen molar-refractivity contribution < 1.29 is 27.1 Å². The number of halogens is 2. The molecule has 1 aliphatic rings. The molecule has 3 aromatic carbocycles. The first-order valence-electron chi connectivity index (χ1n) is 13.4. The first-order valence-corrected chi connectivity index (χ1v) is 15.2. The third-order valence-corrected chi connectivity index (χ3v) is 9.20. The highest BCUT2D eigenvalue weighted by Gasteiger charge is 2.34. The van der Waals surface area contributed by atoms with E-state index in [0.717, 1.165) is 30.0 Å². The van der Waals surface area contributed by atoms with Gasteiger partial charge in [-0.25, -0.2) is 12.8 Å². The van der Waals surface area contributed by atoms with Crippen molar-refractivity contribution >= 4 is 39.1 Å². The standard InChI is InChI=1S/C30H33ClFN3O5S/c1-21(30(37)33-24-11-7-8-12-24)34(19-22-10-6-9-15-26(22)32)29(36)20-35(27-18-23(31)16-17-28(27)40-2)41(38,39)25-13-4-3-5-14-25/h3-6,9-10,13-18,21,24H,7-8,11-12,19-20H2,1-2H3,(H,33,37)/t21-/m0/s1. The number of sulfonamides is 1. The fourth-order valence-corrected chi connectivity index (χ4v) is 6.48. The summed E-state index contributed by atoms with van der Waals surface area (Å²) in [4.78, 5) is 28.5. The minimum atomic E-state index is -4.31. The van der Waals surface area contributed by atoms with Gasteiger partial charge in [-0.3, -0.25) is 13.9 Å². The van der Waals surface area contributed by atoms with E-state index in [1.54, 1.807) is 37.3 Å². The van der Waals surface area contributed by atoms with Gasteiger partial charge in [-0.05, 0) is 56.2 Å². The molecule has 1 saturated carbocycles. The van der Waals surface area contributed by atoms with E-state index >= 15 is 0 Å². The number of amides is 2. The van der Waals surface area contributed by atoms with Gasteiger partial charge in [0.1, 0.15) is 24.2 Å². The summed E-state index contributed by atoms with van der Waals surface area (Å²) in [6.45, 7) is 0.624. The molecule has 2 amide bonds. The van der Waals surface area contributed by atoms with E-state index in [-0.39, 0.29) is 45.4 Å². The van der Waals surface area contributed by atoms with Crippen LogP contribution in [-0.2, 0) is 26.2 Å². The van der Waals surface area contributed by atoms with Gasteiger partial charge < -0.3 is 15.0 Å². The number of carbonyl (C=O) groups excluding carboxylic acids is 2. The summed E-state index contributed by atoms with van der Waals surface area (Å²) in [7, 11) is -2.93. The zero-order valence-corrected chi connectivity index (χ0v) is 24.5. The molecular formula is C30H33ClFN3O5S. The molecule has 0 aliphatic heterocycles. The highest BCUT2D eigenvalue weighted by Crippen LogP contribution is 2.35. The Hall–Kier alpha value is -3.63. The van der Waals surface area contributed by atoms with Crippen LogP contribution in [0, 0.1) is 5.82 Å². The molecule has 0 unspecified atom stereocenters. The van der Waals surface area contributed by atoms with Crippen LogP contribution < -0.4 is 14.4 Å². The Morgan fingerprint density at radius 2 is 1.71 bits per heavy atom. The third kappa shape index (κ3) is 7.18. The van der Waals surface area contributed by atoms with Gasteiger partial charge in [-0.2, -0.15) is 0 Å². The average Bonchev–Trinajstić information content (AvgIpc) is 3.48. The molecule has 0 radical (unpaired) electrons. The van der Waals surface area contributed by atoms with E-state index in [1.807, 2.05) is 0 Å². The molecule has 41 heavy (non-hydrogen) atoms. The monoisotopic (exact) mass is 601 g/mol. The summed E-state index contributed by atoms with van der Waals surface area (Å²) in [5.41, 5.74) is 0.241. The molecule has 11 heteroatoms. The average molecular weight is 602 g/mol. The Labute approximate surface area is 245 Å². The number of nitrogens with one attached hydrogen (secondary N) is 1. The maximum absolute atomic E-state index is 14.7. The molecule has 8 nitrogen and oxygen atoms in total. The van der Waals surface area contributed by atoms with Crippen molar-refractivity contribution in [3.63, 3.8) is 0 Å². The second kappa shape index (κ2) is 13.4. The molecule has 1 atom stereocenters. The largest absolute Gasteiger partial charge is 0.495 e. The Bertz CT molecular complexity index is 1480. The third-order valence-electron chi connectivity index (χ3n) is 7.19. The van der Waals surface area contributed by atoms with Crippen molar-refractivity contribution in [2.45, 2.75) is 56.1 Å². The number of carbonyl (C=O) groups is 2. The molecule has 1 aliphatic carbocycles. The molecule has 3 aromatic rings. The number of anilines is 1. The number of nitrogens with zero attached hydrogens (tertiary/aromatic N) is 2. The van der Waals surface area contributed by atoms with Crippen LogP contribution in [0.1, 0.15) is 38.2 Å². The fraction of sp³-hybridized carbons (Fsp3) is 0.333. The number of methoxy groups -OCH3 is 1. The van der Waals surface area contributed by atoms with Crippen molar-refractivity contribution in [2.75, 3.05) is 18.0 Å². The Kier molecular flexibility index (Phi) is 9.88. The predicted octanol–water partition coefficient (Wildman–Crippen LogP) is 5.16. The van der Waals surface area contributed by atoms with Crippen molar-refractivity contribution in [2.24, 2.45) is 0 Å². The van der Waals surface area contributed by atoms with Gasteiger partial charge in [0.2, 0.25) is 11.8 Å². The molecule has 0 bridgehead atoms. The van der Waals surface area contributed by atoms with Crippen LogP contribution in [0.15, 0.2) is 77.7 Å². The molecular weight excluding hydrogens is 569 g/mol. The summed E-state index contributed by atoms with van der Waals surface area (Å²) in [6, 6.07) is 17.0. The molecule has 218 valence electrons. The van der Waals surface area contributed by atoms with Crippen LogP contribution in [0.4, 0.5) is 10.1 Å². The van der Waals surface area contributed by atoms with E-state index in [4.69, 9.17) is 16.3 Å². The Morgan fingerprint density at radius 3 is 2.37 bits per heavy atom. The van der Waals surface area contributed by atoms with Crippen molar-refractivity contribution in [1.29, 1.82) is 0 Å². The topological polar surface area (TPSA) is 96.0 Å². The lowest BCUT2D eigenvalue weighted by Crippen LogP contribution is -2.52. The first-order chi connectivity index (χ1) is 19.6. The normalized spacial score (nSPS) is 14.3. The smallest absolute Gasteiger partial charge is 0.264 e. The summed E-state index contributed by atoms with van der Waals surface area (Å²) in [6.07, 6.45) is 3.70. The van der Waals surface area contributed by atoms with Gasteiger partial charge in [-0.15, -0.1) is 0 Å². The number of hydrogen-bond acceptors (Lipinski definition) is 5. The highest BCUT2D eigenvalue weighted by atomic mass is 35.5. The first kappa shape index (κ1) is 30.3. The van der Waals surface area contributed by atoms with E-state index in [2.05, 4.69) is 5.32 Å². The zero-order chi connectivity index (χ0) is 29.6. The lowest BCUT2D eigenvalue weighted by atomic mass is 10.1. The van der Waals surface area contributed by atoms with E-state index < -0.39 is 34.3 Å². The summed E-state index contributed by atoms with van der Waals surface area (Å²) in [5, 5.41) is 3.22. The van der Waals surface area contributed by atoms with Gasteiger partial charge >= 0.3 is 0 Å². The van der Waals surface area contributed by atoms with Crippen LogP contribution in [-0.4, -0.2) is 50.9 Å². The van der Waals surface area contributed by atoms with Crippen LogP contribution in [0.2, 0.25) is 5.02 Å². The predicted molar refractivity (Wildman–Crippen MR) is 156 cm³/mol. The lowest BCUT2D eigenvalue weighted by molar-refractivity contribution is -0.139. The minimum Gasteiger partial charge on any atom is -0.495 e. The quantitative estimate of drug-likeness (QED) is 0.328. The van der Waals surface area contributed by atoms with Crippen LogP contribution in [0.3, 0.4) is 0 Å². The Balaban J connectivity index is 1.74. The molecule has 1 N–H and O–H groups in total. The van der Waals surface area contributed by atoms with Crippen LogP contribution >= 0.6 is 11.6 Å². The molecule has 1 fully saturated rings. The summed E-state index contributed by atoms with van der Waals surface area (Å²) < 4.78 is 48.9. The fourth-order valence-electron chi connectivity index (χ4n) is 4.88. The Morgan fingerprint density at radius 1 is 1.05 bits per heavy atom. The van der Waals surface area contributed by atoms with Crippen molar-refractivity contribution in [1.82, 2.24) is 10.2 Å². The summed E-state index contributed by atoms with van der Waals surface area (Å²) >= 11 is 6.24. The summed E-state index contributed by atoms with van der Waals surface area (Å²) in [5.74, 6) is -1.46. The number of benzene rings is 3. The van der Waals surface area contributed by atoms with Gasteiger partial charge in [-0.1, -0.05) is 60.8 Å². The van der Waals surface area contributed by atoms with Crippen molar-refractivity contribution in [3.05, 3.63) is 89.2 Å². The second-order valence-electron chi connectivity index (χ2n) is 9.92. The van der Waals surface area contributed by atoms with Gasteiger partial charge in [0.15, 0.2) is 0 Å². The highest BCUT2D eigenvalue weighted by molar-refractivity contribution is 7.92. The van der Waals surface area contributed by atoms with Gasteiger partial charge in [0, 0.05) is 23.2 Å². The number of ether oxygens (including phenoxy) is 1. The van der Waals surface area contributed by atoms with E-state index in [9.17, 15) is 22.4 Å². The molecule has 0 spiro atoms. The maximum Gasteiger partial charge on any atom is 0.264 e. The van der Waals surface area contributed by atoms with Crippen LogP contribution in [0.5, 0.6) is 5.75 Å². The molecule has 0 aromatic heterocycles. The van der Waals surface area contributed by atoms with E-state index in [1.165, 1.54) is 54.5 Å². The van der Waals surface area contributed by atoms with Crippen molar-refractivity contribution in [3.8, 4) is 5.75 Å². The van der Waals surface area contributed by atoms with Gasteiger partial charge in [0.25, 0.3) is 10.0 Å². The van der Waals surface area contributed by atoms with E-state index in [0.29, 0.717) is 0 Å². The zero-order valence-electron chi connectivity index (χ0n) is 22.9. The lowest BCUT2D eigenvalue weighted by Gasteiger charge is -2.33. The molecule has 0 saturated heterocycles. The van der Waals surface area contributed by atoms with Crippen LogP contribution in [0.25, 0.3) is 0 Å². The molecule has 4 rings (SSSR count). The minimum absolute atomic E-state index is 0.000965. The van der Waals surface area contributed by atoms with Gasteiger partial charge in [0.05, 0.1) is 17.7 Å². The second-order valence-corrected chi connectivity index (χ2v) is 12.2. The number of hydrogen-bond donors (Lipinski definition) is 1. The number of rotatable bonds is 11. The maximum atomic E-state index is 14.7. The molecule has 0 heterocycles. The SMILES string of the molecule is COc1ccc(Cl)cc1N(CC(=O)N(Cc1ccccc1F)[C@@H](C)C(=O)NC1CCCC1)S(=O)(=O)c1ccccc1.